The van der Waals surface area contributed by atoms with Gasteiger partial charge in [0, 0.05) is 33.3 Å². The van der Waals surface area contributed by atoms with Gasteiger partial charge in [0.15, 0.2) is 0 Å². The van der Waals surface area contributed by atoms with E-state index in [9.17, 15) is 4.79 Å². The summed E-state index contributed by atoms with van der Waals surface area (Å²) in [7, 11) is 0. The predicted molar refractivity (Wildman–Crippen MR) is 124 cm³/mol. The van der Waals surface area contributed by atoms with E-state index in [1.165, 1.54) is 0 Å². The van der Waals surface area contributed by atoms with Crippen molar-refractivity contribution >= 4 is 46.4 Å². The minimum atomic E-state index is 0.0516. The molecular formula is C25H21Cl2NO2. The molecule has 30 heavy (non-hydrogen) atoms. The summed E-state index contributed by atoms with van der Waals surface area (Å²) < 4.78 is 5.84. The van der Waals surface area contributed by atoms with Gasteiger partial charge in [0.25, 0.3) is 5.91 Å². The lowest BCUT2D eigenvalue weighted by Gasteiger charge is -2.15. The zero-order chi connectivity index (χ0) is 21.1. The van der Waals surface area contributed by atoms with Gasteiger partial charge in [-0.05, 0) is 48.4 Å². The number of benzene rings is 3. The number of amides is 1. The number of ether oxygens (including phenoxy) is 1. The third-order valence-corrected chi connectivity index (χ3v) is 5.60. The lowest BCUT2D eigenvalue weighted by atomic mass is 10.0. The summed E-state index contributed by atoms with van der Waals surface area (Å²) in [6.45, 7) is 3.15. The highest BCUT2D eigenvalue weighted by molar-refractivity contribution is 6.36. The Balaban J connectivity index is 1.52. The molecule has 3 aromatic rings. The molecule has 0 saturated carbocycles. The monoisotopic (exact) mass is 437 g/mol. The molecule has 4 rings (SSSR count). The van der Waals surface area contributed by atoms with Crippen molar-refractivity contribution in [3.8, 4) is 5.75 Å². The molecule has 0 saturated heterocycles. The van der Waals surface area contributed by atoms with E-state index in [0.717, 1.165) is 40.1 Å². The highest BCUT2D eigenvalue weighted by atomic mass is 35.5. The normalized spacial score (nSPS) is 14.3. The van der Waals surface area contributed by atoms with Crippen molar-refractivity contribution in [2.24, 2.45) is 0 Å². The van der Waals surface area contributed by atoms with E-state index in [4.69, 9.17) is 27.9 Å². The summed E-state index contributed by atoms with van der Waals surface area (Å²) in [4.78, 5) is 14.8. The van der Waals surface area contributed by atoms with Crippen molar-refractivity contribution in [3.05, 3.63) is 93.5 Å². The minimum Gasteiger partial charge on any atom is -0.489 e. The SMILES string of the molecule is CCCN1C(=O)/C(=C\c2ccc(OCc3ccc(Cl)cc3Cl)cc2)c2ccccc21. The van der Waals surface area contributed by atoms with E-state index in [0.29, 0.717) is 23.2 Å². The van der Waals surface area contributed by atoms with Crippen LogP contribution < -0.4 is 9.64 Å². The van der Waals surface area contributed by atoms with Crippen LogP contribution in [0, 0.1) is 0 Å². The van der Waals surface area contributed by atoms with Gasteiger partial charge < -0.3 is 9.64 Å². The molecule has 3 nitrogen and oxygen atoms in total. The second-order valence-corrected chi connectivity index (χ2v) is 7.97. The molecule has 1 amide bonds. The number of halogens is 2. The number of hydrogen-bond donors (Lipinski definition) is 0. The largest absolute Gasteiger partial charge is 0.489 e. The smallest absolute Gasteiger partial charge is 0.258 e. The number of fused-ring (bicyclic) bond motifs is 1. The van der Waals surface area contributed by atoms with Gasteiger partial charge in [0.2, 0.25) is 0 Å². The molecule has 0 radical (unpaired) electrons. The highest BCUT2D eigenvalue weighted by Crippen LogP contribution is 2.37. The topological polar surface area (TPSA) is 29.5 Å². The van der Waals surface area contributed by atoms with Gasteiger partial charge in [-0.2, -0.15) is 0 Å². The molecule has 0 fully saturated rings. The Bertz CT molecular complexity index is 1110. The van der Waals surface area contributed by atoms with Crippen molar-refractivity contribution in [2.75, 3.05) is 11.4 Å². The molecule has 0 unspecified atom stereocenters. The van der Waals surface area contributed by atoms with Crippen LogP contribution in [0.25, 0.3) is 11.6 Å². The molecule has 0 atom stereocenters. The molecule has 0 aromatic heterocycles. The number of hydrogen-bond acceptors (Lipinski definition) is 2. The number of rotatable bonds is 6. The Labute approximate surface area is 186 Å². The van der Waals surface area contributed by atoms with Crippen LogP contribution in [0.4, 0.5) is 5.69 Å². The lowest BCUT2D eigenvalue weighted by molar-refractivity contribution is -0.113. The van der Waals surface area contributed by atoms with Gasteiger partial charge >= 0.3 is 0 Å². The number of nitrogens with zero attached hydrogens (tertiary/aromatic N) is 1. The molecule has 0 aliphatic carbocycles. The number of carbonyl (C=O) groups excluding carboxylic acids is 1. The van der Waals surface area contributed by atoms with Gasteiger partial charge in [-0.3, -0.25) is 4.79 Å². The molecule has 0 spiro atoms. The summed E-state index contributed by atoms with van der Waals surface area (Å²) in [5, 5.41) is 1.18. The van der Waals surface area contributed by atoms with Gasteiger partial charge in [-0.25, -0.2) is 0 Å². The molecule has 0 bridgehead atoms. The van der Waals surface area contributed by atoms with E-state index in [2.05, 4.69) is 6.92 Å². The summed E-state index contributed by atoms with van der Waals surface area (Å²) in [6.07, 6.45) is 2.85. The Hall–Kier alpha value is -2.75. The first kappa shape index (κ1) is 20.5. The van der Waals surface area contributed by atoms with Crippen molar-refractivity contribution in [1.82, 2.24) is 0 Å². The Morgan fingerprint density at radius 2 is 1.77 bits per heavy atom. The maximum Gasteiger partial charge on any atom is 0.258 e. The molecule has 1 aliphatic heterocycles. The predicted octanol–water partition coefficient (Wildman–Crippen LogP) is 6.87. The van der Waals surface area contributed by atoms with Crippen molar-refractivity contribution in [3.63, 3.8) is 0 Å². The second-order valence-electron chi connectivity index (χ2n) is 7.13. The average molecular weight is 438 g/mol. The van der Waals surface area contributed by atoms with Crippen LogP contribution in [0.3, 0.4) is 0 Å². The van der Waals surface area contributed by atoms with E-state index >= 15 is 0 Å². The quantitative estimate of drug-likeness (QED) is 0.393. The van der Waals surface area contributed by atoms with Crippen molar-refractivity contribution in [1.29, 1.82) is 0 Å². The number of carbonyl (C=O) groups is 1. The minimum absolute atomic E-state index is 0.0516. The fourth-order valence-electron chi connectivity index (χ4n) is 3.52. The Morgan fingerprint density at radius 1 is 1.00 bits per heavy atom. The standard InChI is InChI=1S/C25H21Cl2NO2/c1-2-13-28-24-6-4-3-5-21(24)22(25(28)29)14-17-7-11-20(12-8-17)30-16-18-9-10-19(26)15-23(18)27/h3-12,14-15H,2,13,16H2,1H3/b22-14-. The Morgan fingerprint density at radius 3 is 2.50 bits per heavy atom. The van der Waals surface area contributed by atoms with Crippen molar-refractivity contribution < 1.29 is 9.53 Å². The maximum atomic E-state index is 12.9. The summed E-state index contributed by atoms with van der Waals surface area (Å²) in [5.74, 6) is 0.782. The summed E-state index contributed by atoms with van der Waals surface area (Å²) in [6, 6.07) is 21.0. The third kappa shape index (κ3) is 4.23. The van der Waals surface area contributed by atoms with E-state index in [-0.39, 0.29) is 5.91 Å². The molecule has 152 valence electrons. The van der Waals surface area contributed by atoms with Crippen molar-refractivity contribution in [2.45, 2.75) is 20.0 Å². The van der Waals surface area contributed by atoms with Crippen LogP contribution in [0.2, 0.25) is 10.0 Å². The summed E-state index contributed by atoms with van der Waals surface area (Å²) in [5.41, 5.74) is 4.50. The van der Waals surface area contributed by atoms with Crippen LogP contribution in [0.5, 0.6) is 5.75 Å². The van der Waals surface area contributed by atoms with Crippen LogP contribution in [0.15, 0.2) is 66.7 Å². The first-order valence-corrected chi connectivity index (χ1v) is 10.6. The molecule has 3 aromatic carbocycles. The van der Waals surface area contributed by atoms with E-state index in [1.807, 2.05) is 65.6 Å². The molecule has 1 heterocycles. The highest BCUT2D eigenvalue weighted by Gasteiger charge is 2.31. The fourth-order valence-corrected chi connectivity index (χ4v) is 3.98. The van der Waals surface area contributed by atoms with Gasteiger partial charge in [0.05, 0.1) is 5.69 Å². The van der Waals surface area contributed by atoms with E-state index < -0.39 is 0 Å². The van der Waals surface area contributed by atoms with E-state index in [1.54, 1.807) is 12.1 Å². The van der Waals surface area contributed by atoms with Crippen LogP contribution in [-0.4, -0.2) is 12.5 Å². The fraction of sp³-hybridized carbons (Fsp3) is 0.160. The zero-order valence-electron chi connectivity index (χ0n) is 16.6. The summed E-state index contributed by atoms with van der Waals surface area (Å²) >= 11 is 12.1. The van der Waals surface area contributed by atoms with Gasteiger partial charge in [-0.1, -0.05) is 66.5 Å². The first-order chi connectivity index (χ1) is 14.6. The molecule has 1 aliphatic rings. The van der Waals surface area contributed by atoms with Crippen LogP contribution >= 0.6 is 23.2 Å². The molecule has 5 heteroatoms. The molecular weight excluding hydrogens is 417 g/mol. The number of para-hydroxylation sites is 1. The first-order valence-electron chi connectivity index (χ1n) is 9.86. The zero-order valence-corrected chi connectivity index (χ0v) is 18.1. The third-order valence-electron chi connectivity index (χ3n) is 5.01. The van der Waals surface area contributed by atoms with Gasteiger partial charge in [0.1, 0.15) is 12.4 Å². The van der Waals surface area contributed by atoms with Gasteiger partial charge in [-0.15, -0.1) is 0 Å². The molecule has 0 N–H and O–H groups in total. The average Bonchev–Trinajstić information content (AvgIpc) is 3.00. The number of anilines is 1. The Kier molecular flexibility index (Phi) is 6.12. The van der Waals surface area contributed by atoms with Crippen LogP contribution in [-0.2, 0) is 11.4 Å². The maximum absolute atomic E-state index is 12.9. The second kappa shape index (κ2) is 8.95. The van der Waals surface area contributed by atoms with Crippen LogP contribution in [0.1, 0.15) is 30.0 Å². The lowest BCUT2D eigenvalue weighted by Crippen LogP contribution is -2.26.